The third-order valence-corrected chi connectivity index (χ3v) is 3.00. The maximum absolute atomic E-state index is 8.98. The maximum Gasteiger partial charge on any atom is 0.163 e. The molecule has 3 nitrogen and oxygen atoms in total. The number of halogens is 1. The molecule has 4 heteroatoms. The smallest absolute Gasteiger partial charge is 0.163 e. The van der Waals surface area contributed by atoms with Gasteiger partial charge in [-0.25, -0.2) is 4.98 Å². The summed E-state index contributed by atoms with van der Waals surface area (Å²) in [6.45, 7) is 2.00. The van der Waals surface area contributed by atoms with E-state index in [9.17, 15) is 0 Å². The molecule has 0 bridgehead atoms. The predicted octanol–water partition coefficient (Wildman–Crippen LogP) is 3.78. The van der Waals surface area contributed by atoms with E-state index in [-0.39, 0.29) is 6.04 Å². The van der Waals surface area contributed by atoms with Crippen molar-refractivity contribution < 1.29 is 0 Å². The van der Waals surface area contributed by atoms with Crippen LogP contribution in [0.5, 0.6) is 0 Å². The molecular weight excluding hydrogens is 246 g/mol. The third kappa shape index (κ3) is 2.61. The molecule has 0 saturated carbocycles. The molecule has 90 valence electrons. The van der Waals surface area contributed by atoms with Crippen LogP contribution in [0.25, 0.3) is 0 Å². The quantitative estimate of drug-likeness (QED) is 0.910. The summed E-state index contributed by atoms with van der Waals surface area (Å²) in [6.07, 6.45) is 1.60. The van der Waals surface area contributed by atoms with Crippen LogP contribution in [-0.2, 0) is 0 Å². The van der Waals surface area contributed by atoms with Crippen molar-refractivity contribution in [1.29, 1.82) is 5.26 Å². The summed E-state index contributed by atoms with van der Waals surface area (Å²) in [5.41, 5.74) is 2.09. The summed E-state index contributed by atoms with van der Waals surface area (Å²) in [7, 11) is 0. The van der Waals surface area contributed by atoms with E-state index in [0.717, 1.165) is 5.56 Å². The molecule has 0 amide bonds. The zero-order valence-corrected chi connectivity index (χ0v) is 10.6. The van der Waals surface area contributed by atoms with Crippen LogP contribution in [0.4, 0.5) is 5.69 Å². The van der Waals surface area contributed by atoms with Gasteiger partial charge in [0.1, 0.15) is 6.07 Å². The molecule has 1 aromatic carbocycles. The lowest BCUT2D eigenvalue weighted by atomic mass is 10.1. The van der Waals surface area contributed by atoms with Crippen molar-refractivity contribution in [3.05, 3.63) is 58.9 Å². The van der Waals surface area contributed by atoms with Crippen LogP contribution in [0.1, 0.15) is 24.2 Å². The molecule has 2 rings (SSSR count). The van der Waals surface area contributed by atoms with Gasteiger partial charge < -0.3 is 5.32 Å². The van der Waals surface area contributed by atoms with Gasteiger partial charge in [0.15, 0.2) is 5.69 Å². The number of anilines is 1. The first-order valence-electron chi connectivity index (χ1n) is 5.58. The van der Waals surface area contributed by atoms with Gasteiger partial charge in [0, 0.05) is 11.2 Å². The average molecular weight is 258 g/mol. The van der Waals surface area contributed by atoms with Crippen LogP contribution in [0.15, 0.2) is 42.6 Å². The van der Waals surface area contributed by atoms with E-state index in [4.69, 9.17) is 16.9 Å². The number of pyridine rings is 1. The highest BCUT2D eigenvalue weighted by molar-refractivity contribution is 6.31. The maximum atomic E-state index is 8.98. The first-order valence-corrected chi connectivity index (χ1v) is 5.96. The van der Waals surface area contributed by atoms with Gasteiger partial charge in [0.25, 0.3) is 0 Å². The molecule has 0 aliphatic carbocycles. The summed E-state index contributed by atoms with van der Waals surface area (Å²) in [5.74, 6) is 0. The fourth-order valence-corrected chi connectivity index (χ4v) is 2.05. The molecule has 1 aromatic heterocycles. The monoisotopic (exact) mass is 257 g/mol. The van der Waals surface area contributed by atoms with Gasteiger partial charge in [-0.1, -0.05) is 29.8 Å². The highest BCUT2D eigenvalue weighted by atomic mass is 35.5. The normalized spacial score (nSPS) is 11.6. The van der Waals surface area contributed by atoms with Crippen LogP contribution < -0.4 is 5.32 Å². The Morgan fingerprint density at radius 2 is 2.06 bits per heavy atom. The second kappa shape index (κ2) is 5.52. The van der Waals surface area contributed by atoms with Gasteiger partial charge in [-0.15, -0.1) is 0 Å². The van der Waals surface area contributed by atoms with Crippen LogP contribution >= 0.6 is 11.6 Å². The van der Waals surface area contributed by atoms with Crippen molar-refractivity contribution >= 4 is 17.3 Å². The molecule has 0 saturated heterocycles. The second-order valence-corrected chi connectivity index (χ2v) is 4.31. The Morgan fingerprint density at radius 3 is 2.78 bits per heavy atom. The number of rotatable bonds is 3. The molecule has 0 spiro atoms. The van der Waals surface area contributed by atoms with Gasteiger partial charge in [-0.2, -0.15) is 5.26 Å². The predicted molar refractivity (Wildman–Crippen MR) is 72.4 cm³/mol. The molecule has 1 N–H and O–H groups in total. The van der Waals surface area contributed by atoms with Gasteiger partial charge >= 0.3 is 0 Å². The molecule has 0 radical (unpaired) electrons. The zero-order chi connectivity index (χ0) is 13.0. The van der Waals surface area contributed by atoms with Crippen molar-refractivity contribution in [2.45, 2.75) is 13.0 Å². The van der Waals surface area contributed by atoms with Crippen LogP contribution in [0.3, 0.4) is 0 Å². The largest absolute Gasteiger partial charge is 0.376 e. The minimum Gasteiger partial charge on any atom is -0.376 e. The van der Waals surface area contributed by atoms with Crippen LogP contribution in [-0.4, -0.2) is 4.98 Å². The minimum atomic E-state index is 0.00926. The summed E-state index contributed by atoms with van der Waals surface area (Å²) in [4.78, 5) is 4.01. The van der Waals surface area contributed by atoms with E-state index in [2.05, 4.69) is 16.4 Å². The molecule has 18 heavy (non-hydrogen) atoms. The van der Waals surface area contributed by atoms with Gasteiger partial charge in [-0.3, -0.25) is 0 Å². The van der Waals surface area contributed by atoms with Crippen molar-refractivity contribution in [3.63, 3.8) is 0 Å². The Balaban J connectivity index is 2.25. The molecule has 0 aliphatic heterocycles. The summed E-state index contributed by atoms with van der Waals surface area (Å²) in [5, 5.41) is 12.9. The summed E-state index contributed by atoms with van der Waals surface area (Å²) < 4.78 is 0. The highest BCUT2D eigenvalue weighted by Crippen LogP contribution is 2.26. The molecular formula is C14H12ClN3. The number of hydrogen-bond acceptors (Lipinski definition) is 3. The number of nitrogens with zero attached hydrogens (tertiary/aromatic N) is 2. The number of benzene rings is 1. The number of hydrogen-bond donors (Lipinski definition) is 1. The molecule has 1 atom stereocenters. The van der Waals surface area contributed by atoms with E-state index in [1.165, 1.54) is 0 Å². The van der Waals surface area contributed by atoms with Gasteiger partial charge in [0.2, 0.25) is 0 Å². The SMILES string of the molecule is CC(Nc1cccnc1C#N)c1ccccc1Cl. The van der Waals surface area contributed by atoms with E-state index in [1.54, 1.807) is 12.3 Å². The summed E-state index contributed by atoms with van der Waals surface area (Å²) in [6, 6.07) is 13.3. The number of nitrogens with one attached hydrogen (secondary N) is 1. The van der Waals surface area contributed by atoms with E-state index >= 15 is 0 Å². The lowest BCUT2D eigenvalue weighted by Crippen LogP contribution is -2.08. The van der Waals surface area contributed by atoms with Gasteiger partial charge in [0.05, 0.1) is 11.7 Å². The Labute approximate surface area is 111 Å². The average Bonchev–Trinajstić information content (AvgIpc) is 2.39. The molecule has 2 aromatic rings. The lowest BCUT2D eigenvalue weighted by molar-refractivity contribution is 0.882. The first kappa shape index (κ1) is 12.4. The van der Waals surface area contributed by atoms with E-state index in [1.807, 2.05) is 37.3 Å². The van der Waals surface area contributed by atoms with Crippen molar-refractivity contribution in [2.24, 2.45) is 0 Å². The molecule has 1 unspecified atom stereocenters. The fraction of sp³-hybridized carbons (Fsp3) is 0.143. The van der Waals surface area contributed by atoms with E-state index < -0.39 is 0 Å². The van der Waals surface area contributed by atoms with Crippen molar-refractivity contribution in [3.8, 4) is 6.07 Å². The van der Waals surface area contributed by atoms with E-state index in [0.29, 0.717) is 16.4 Å². The lowest BCUT2D eigenvalue weighted by Gasteiger charge is -2.17. The van der Waals surface area contributed by atoms with Crippen molar-refractivity contribution in [1.82, 2.24) is 4.98 Å². The molecule has 0 aliphatic rings. The highest BCUT2D eigenvalue weighted by Gasteiger charge is 2.11. The second-order valence-electron chi connectivity index (χ2n) is 3.90. The third-order valence-electron chi connectivity index (χ3n) is 2.66. The Bertz CT molecular complexity index is 590. The minimum absolute atomic E-state index is 0.00926. The Kier molecular flexibility index (Phi) is 3.81. The standard InChI is InChI=1S/C14H12ClN3/c1-10(11-5-2-3-6-12(11)15)18-13-7-4-8-17-14(13)9-16/h2-8,10,18H,1H3. The number of nitriles is 1. The zero-order valence-electron chi connectivity index (χ0n) is 9.89. The summed E-state index contributed by atoms with van der Waals surface area (Å²) >= 11 is 6.14. The van der Waals surface area contributed by atoms with Crippen LogP contribution in [0.2, 0.25) is 5.02 Å². The first-order chi connectivity index (χ1) is 8.72. The Hall–Kier alpha value is -2.05. The number of aromatic nitrogens is 1. The Morgan fingerprint density at radius 1 is 1.28 bits per heavy atom. The molecule has 1 heterocycles. The molecule has 0 fully saturated rings. The van der Waals surface area contributed by atoms with Crippen LogP contribution in [0, 0.1) is 11.3 Å². The fourth-order valence-electron chi connectivity index (χ4n) is 1.75. The van der Waals surface area contributed by atoms with Gasteiger partial charge in [-0.05, 0) is 30.7 Å². The van der Waals surface area contributed by atoms with Crippen molar-refractivity contribution in [2.75, 3.05) is 5.32 Å². The topological polar surface area (TPSA) is 48.7 Å².